The van der Waals surface area contributed by atoms with Crippen molar-refractivity contribution in [2.75, 3.05) is 19.6 Å². The topological polar surface area (TPSA) is 83.4 Å². The van der Waals surface area contributed by atoms with Crippen molar-refractivity contribution in [3.63, 3.8) is 0 Å². The van der Waals surface area contributed by atoms with Crippen LogP contribution in [0.1, 0.15) is 10.6 Å². The molecule has 0 aliphatic rings. The molecule has 1 aromatic rings. The van der Waals surface area contributed by atoms with E-state index in [0.717, 1.165) is 0 Å². The first kappa shape index (κ1) is 12.8. The molecule has 3 amide bonds. The van der Waals surface area contributed by atoms with Crippen LogP contribution in [0.4, 0.5) is 4.79 Å². The third kappa shape index (κ3) is 4.87. The highest BCUT2D eigenvalue weighted by Gasteiger charge is 2.06. The van der Waals surface area contributed by atoms with Gasteiger partial charge in [0.2, 0.25) is 0 Å². The summed E-state index contributed by atoms with van der Waals surface area (Å²) in [4.78, 5) is 22.5. The molecule has 6 heteroatoms. The first-order valence-electron chi connectivity index (χ1n) is 5.18. The summed E-state index contributed by atoms with van der Waals surface area (Å²) in [6.45, 7) is 4.56. The Bertz CT molecular complexity index is 373. The Labute approximate surface area is 99.1 Å². The number of urea groups is 1. The first-order valence-corrected chi connectivity index (χ1v) is 5.18. The Morgan fingerprint density at radius 1 is 1.29 bits per heavy atom. The van der Waals surface area contributed by atoms with Crippen molar-refractivity contribution < 1.29 is 14.0 Å². The van der Waals surface area contributed by atoms with Crippen LogP contribution < -0.4 is 16.0 Å². The van der Waals surface area contributed by atoms with Crippen LogP contribution >= 0.6 is 0 Å². The van der Waals surface area contributed by atoms with Gasteiger partial charge in [0.1, 0.15) is 0 Å². The molecule has 0 aromatic carbocycles. The van der Waals surface area contributed by atoms with Gasteiger partial charge >= 0.3 is 6.03 Å². The Morgan fingerprint density at radius 3 is 2.71 bits per heavy atom. The molecule has 0 atom stereocenters. The number of furan rings is 1. The first-order chi connectivity index (χ1) is 8.24. The van der Waals surface area contributed by atoms with E-state index in [0.29, 0.717) is 19.6 Å². The molecule has 0 aliphatic heterocycles. The number of nitrogens with one attached hydrogen (secondary N) is 3. The SMILES string of the molecule is C=CCNC(=O)NCCNC(=O)c1ccco1. The molecule has 0 aliphatic carbocycles. The molecule has 92 valence electrons. The molecule has 0 spiro atoms. The van der Waals surface area contributed by atoms with E-state index in [2.05, 4.69) is 22.5 Å². The summed E-state index contributed by atoms with van der Waals surface area (Å²) in [5, 5.41) is 7.72. The molecule has 6 nitrogen and oxygen atoms in total. The zero-order chi connectivity index (χ0) is 12.5. The fourth-order valence-electron chi connectivity index (χ4n) is 1.07. The van der Waals surface area contributed by atoms with Crippen molar-refractivity contribution in [3.05, 3.63) is 36.8 Å². The van der Waals surface area contributed by atoms with Gasteiger partial charge in [-0.1, -0.05) is 6.08 Å². The highest BCUT2D eigenvalue weighted by atomic mass is 16.3. The largest absolute Gasteiger partial charge is 0.459 e. The summed E-state index contributed by atoms with van der Waals surface area (Å²) in [7, 11) is 0. The molecule has 3 N–H and O–H groups in total. The minimum atomic E-state index is -0.303. The van der Waals surface area contributed by atoms with E-state index >= 15 is 0 Å². The van der Waals surface area contributed by atoms with Crippen LogP contribution in [0.25, 0.3) is 0 Å². The van der Waals surface area contributed by atoms with Gasteiger partial charge in [0, 0.05) is 19.6 Å². The predicted octanol–water partition coefficient (Wildman–Crippen LogP) is 0.495. The summed E-state index contributed by atoms with van der Waals surface area (Å²) >= 11 is 0. The maximum atomic E-state index is 11.4. The van der Waals surface area contributed by atoms with Crippen LogP contribution in [0.15, 0.2) is 35.5 Å². The lowest BCUT2D eigenvalue weighted by Crippen LogP contribution is -2.40. The summed E-state index contributed by atoms with van der Waals surface area (Å²) < 4.78 is 4.90. The lowest BCUT2D eigenvalue weighted by molar-refractivity contribution is 0.0926. The molecule has 0 bridgehead atoms. The van der Waals surface area contributed by atoms with Gasteiger partial charge in [-0.3, -0.25) is 4.79 Å². The number of hydrogen-bond acceptors (Lipinski definition) is 3. The van der Waals surface area contributed by atoms with Crippen LogP contribution in [-0.4, -0.2) is 31.6 Å². The lowest BCUT2D eigenvalue weighted by Gasteiger charge is -2.06. The molecule has 0 saturated carbocycles. The number of carbonyl (C=O) groups excluding carboxylic acids is 2. The second kappa shape index (κ2) is 7.10. The van der Waals surface area contributed by atoms with E-state index in [1.807, 2.05) is 0 Å². The molecule has 0 radical (unpaired) electrons. The number of carbonyl (C=O) groups is 2. The highest BCUT2D eigenvalue weighted by molar-refractivity contribution is 5.91. The fourth-order valence-corrected chi connectivity index (χ4v) is 1.07. The second-order valence-electron chi connectivity index (χ2n) is 3.16. The van der Waals surface area contributed by atoms with Crippen molar-refractivity contribution in [3.8, 4) is 0 Å². The minimum absolute atomic E-state index is 0.251. The van der Waals surface area contributed by atoms with Gasteiger partial charge in [-0.25, -0.2) is 4.79 Å². The molecule has 1 heterocycles. The molecule has 0 unspecified atom stereocenters. The Balaban J connectivity index is 2.10. The van der Waals surface area contributed by atoms with Crippen molar-refractivity contribution in [1.29, 1.82) is 0 Å². The number of rotatable bonds is 6. The van der Waals surface area contributed by atoms with E-state index in [9.17, 15) is 9.59 Å². The third-order valence-corrected chi connectivity index (χ3v) is 1.85. The van der Waals surface area contributed by atoms with E-state index < -0.39 is 0 Å². The van der Waals surface area contributed by atoms with Crippen LogP contribution in [0.3, 0.4) is 0 Å². The maximum absolute atomic E-state index is 11.4. The molecular weight excluding hydrogens is 222 g/mol. The standard InChI is InChI=1S/C11H15N3O3/c1-2-5-13-11(16)14-7-6-12-10(15)9-4-3-8-17-9/h2-4,8H,1,5-7H2,(H,12,15)(H2,13,14,16). The van der Waals surface area contributed by atoms with E-state index in [1.54, 1.807) is 18.2 Å². The number of hydrogen-bond donors (Lipinski definition) is 3. The Kier molecular flexibility index (Phi) is 5.36. The van der Waals surface area contributed by atoms with Crippen molar-refractivity contribution in [2.45, 2.75) is 0 Å². The van der Waals surface area contributed by atoms with Crippen molar-refractivity contribution in [2.24, 2.45) is 0 Å². The van der Waals surface area contributed by atoms with Crippen LogP contribution in [0, 0.1) is 0 Å². The maximum Gasteiger partial charge on any atom is 0.315 e. The van der Waals surface area contributed by atoms with Crippen LogP contribution in [-0.2, 0) is 0 Å². The van der Waals surface area contributed by atoms with Crippen LogP contribution in [0.2, 0.25) is 0 Å². The minimum Gasteiger partial charge on any atom is -0.459 e. The summed E-state index contributed by atoms with van der Waals surface area (Å²) in [5.41, 5.74) is 0. The van der Waals surface area contributed by atoms with Gasteiger partial charge in [-0.15, -0.1) is 6.58 Å². The smallest absolute Gasteiger partial charge is 0.315 e. The summed E-state index contributed by atoms with van der Waals surface area (Å²) in [5.74, 6) is -0.0515. The monoisotopic (exact) mass is 237 g/mol. The molecule has 1 aromatic heterocycles. The average Bonchev–Trinajstić information content (AvgIpc) is 2.85. The van der Waals surface area contributed by atoms with Crippen molar-refractivity contribution >= 4 is 11.9 Å². The van der Waals surface area contributed by atoms with Crippen molar-refractivity contribution in [1.82, 2.24) is 16.0 Å². The van der Waals surface area contributed by atoms with E-state index in [4.69, 9.17) is 4.42 Å². The number of amides is 3. The van der Waals surface area contributed by atoms with Gasteiger partial charge in [0.15, 0.2) is 5.76 Å². The third-order valence-electron chi connectivity index (χ3n) is 1.85. The molecular formula is C11H15N3O3. The summed E-state index contributed by atoms with van der Waals surface area (Å²) in [6, 6.07) is 2.91. The second-order valence-corrected chi connectivity index (χ2v) is 3.16. The Morgan fingerprint density at radius 2 is 2.06 bits per heavy atom. The van der Waals surface area contributed by atoms with Crippen LogP contribution in [0.5, 0.6) is 0 Å². The Hall–Kier alpha value is -2.24. The van der Waals surface area contributed by atoms with Gasteiger partial charge in [0.25, 0.3) is 5.91 Å². The predicted molar refractivity (Wildman–Crippen MR) is 62.6 cm³/mol. The van der Waals surface area contributed by atoms with Gasteiger partial charge in [-0.2, -0.15) is 0 Å². The summed E-state index contributed by atoms with van der Waals surface area (Å²) in [6.07, 6.45) is 3.01. The fraction of sp³-hybridized carbons (Fsp3) is 0.273. The molecule has 17 heavy (non-hydrogen) atoms. The normalized spacial score (nSPS) is 9.41. The molecule has 0 fully saturated rings. The van der Waals surface area contributed by atoms with Gasteiger partial charge in [0.05, 0.1) is 6.26 Å². The lowest BCUT2D eigenvalue weighted by atomic mass is 10.4. The zero-order valence-electron chi connectivity index (χ0n) is 9.36. The quantitative estimate of drug-likeness (QED) is 0.497. The molecule has 1 rings (SSSR count). The van der Waals surface area contributed by atoms with E-state index in [1.165, 1.54) is 6.26 Å². The zero-order valence-corrected chi connectivity index (χ0v) is 9.36. The van der Waals surface area contributed by atoms with E-state index in [-0.39, 0.29) is 17.7 Å². The highest BCUT2D eigenvalue weighted by Crippen LogP contribution is 1.98. The van der Waals surface area contributed by atoms with Gasteiger partial charge < -0.3 is 20.4 Å². The van der Waals surface area contributed by atoms with Gasteiger partial charge in [-0.05, 0) is 12.1 Å². The average molecular weight is 237 g/mol. The molecule has 0 saturated heterocycles.